The van der Waals surface area contributed by atoms with E-state index in [-0.39, 0.29) is 17.6 Å². The third-order valence-corrected chi connectivity index (χ3v) is 5.82. The molecule has 0 fully saturated rings. The molecule has 1 unspecified atom stereocenters. The van der Waals surface area contributed by atoms with Crippen molar-refractivity contribution in [3.8, 4) is 5.75 Å². The molecule has 0 aliphatic rings. The van der Waals surface area contributed by atoms with Crippen LogP contribution >= 0.6 is 0 Å². The number of fused-ring (bicyclic) bond motifs is 1. The first-order valence-corrected chi connectivity index (χ1v) is 9.93. The smallest absolute Gasteiger partial charge is 0.311 e. The van der Waals surface area contributed by atoms with Gasteiger partial charge in [0.15, 0.2) is 11.6 Å². The Hall–Kier alpha value is -3.15. The largest absolute Gasteiger partial charge is 0.494 e. The van der Waals surface area contributed by atoms with Gasteiger partial charge in [-0.3, -0.25) is 14.2 Å². The van der Waals surface area contributed by atoms with E-state index in [0.717, 1.165) is 5.56 Å². The summed E-state index contributed by atoms with van der Waals surface area (Å²) in [4.78, 5) is 25.6. The number of hydrogen-bond donors (Lipinski definition) is 1. The molecule has 0 amide bonds. The van der Waals surface area contributed by atoms with Gasteiger partial charge in [-0.05, 0) is 43.5 Å². The lowest BCUT2D eigenvalue weighted by molar-refractivity contribution is -0.140. The minimum atomic E-state index is -0.974. The van der Waals surface area contributed by atoms with E-state index >= 15 is 0 Å². The van der Waals surface area contributed by atoms with E-state index in [9.17, 15) is 19.1 Å². The summed E-state index contributed by atoms with van der Waals surface area (Å²) < 4.78 is 21.1. The van der Waals surface area contributed by atoms with Crippen LogP contribution in [0.5, 0.6) is 5.75 Å². The lowest BCUT2D eigenvalue weighted by Gasteiger charge is -2.20. The first-order chi connectivity index (χ1) is 14.2. The quantitative estimate of drug-likeness (QED) is 0.597. The molecule has 0 radical (unpaired) electrons. The molecule has 158 valence electrons. The zero-order chi connectivity index (χ0) is 22.2. The Balaban J connectivity index is 2.36. The number of rotatable bonds is 6. The number of methoxy groups -OCH3 is 1. The molecule has 0 saturated heterocycles. The maximum atomic E-state index is 14.6. The number of aryl methyl sites for hydroxylation is 1. The molecule has 3 rings (SSSR count). The molecule has 0 saturated carbocycles. The Morgan fingerprint density at radius 2 is 1.80 bits per heavy atom. The maximum absolute atomic E-state index is 14.6. The molecule has 1 heterocycles. The molecule has 1 aromatic heterocycles. The molecule has 5 nitrogen and oxygen atoms in total. The number of carboxylic acids is 1. The molecular formula is C24H26FNO4. The molecule has 2 atom stereocenters. The summed E-state index contributed by atoms with van der Waals surface area (Å²) in [6, 6.07) is 9.82. The van der Waals surface area contributed by atoms with Gasteiger partial charge in [-0.15, -0.1) is 0 Å². The minimum absolute atomic E-state index is 0.0111. The van der Waals surface area contributed by atoms with Crippen LogP contribution in [0, 0.1) is 25.6 Å². The summed E-state index contributed by atoms with van der Waals surface area (Å²) in [6.07, 6.45) is 0.646. The van der Waals surface area contributed by atoms with Crippen molar-refractivity contribution in [2.45, 2.75) is 40.0 Å². The van der Waals surface area contributed by atoms with Crippen LogP contribution in [0.3, 0.4) is 0 Å². The van der Waals surface area contributed by atoms with Crippen molar-refractivity contribution in [3.63, 3.8) is 0 Å². The predicted molar refractivity (Wildman–Crippen MR) is 114 cm³/mol. The summed E-state index contributed by atoms with van der Waals surface area (Å²) in [5, 5.41) is 10.5. The fourth-order valence-corrected chi connectivity index (χ4v) is 3.96. The van der Waals surface area contributed by atoms with Gasteiger partial charge in [-0.1, -0.05) is 38.0 Å². The Morgan fingerprint density at radius 3 is 2.33 bits per heavy atom. The highest BCUT2D eigenvalue weighted by atomic mass is 19.1. The highest BCUT2D eigenvalue weighted by Crippen LogP contribution is 2.39. The van der Waals surface area contributed by atoms with Gasteiger partial charge in [0.1, 0.15) is 0 Å². The molecule has 0 spiro atoms. The summed E-state index contributed by atoms with van der Waals surface area (Å²) in [5.41, 5.74) is 2.81. The van der Waals surface area contributed by atoms with E-state index in [2.05, 4.69) is 0 Å². The van der Waals surface area contributed by atoms with Crippen molar-refractivity contribution < 1.29 is 23.8 Å². The van der Waals surface area contributed by atoms with Gasteiger partial charge in [0.05, 0.1) is 18.5 Å². The number of aliphatic carboxylic acids is 1. The van der Waals surface area contributed by atoms with Crippen LogP contribution < -0.4 is 4.74 Å². The molecule has 0 aliphatic carbocycles. The monoisotopic (exact) mass is 411 g/mol. The molecule has 30 heavy (non-hydrogen) atoms. The first kappa shape index (κ1) is 21.6. The lowest BCUT2D eigenvalue weighted by Crippen LogP contribution is -2.21. The summed E-state index contributed by atoms with van der Waals surface area (Å²) in [5.74, 6) is -2.91. The first-order valence-electron chi connectivity index (χ1n) is 9.93. The van der Waals surface area contributed by atoms with Crippen molar-refractivity contribution >= 4 is 22.8 Å². The van der Waals surface area contributed by atoms with Crippen LogP contribution in [-0.2, 0) is 4.79 Å². The number of carboxylic acid groups (broad SMARTS) is 1. The number of benzene rings is 2. The van der Waals surface area contributed by atoms with E-state index in [0.29, 0.717) is 34.1 Å². The normalized spacial score (nSPS) is 13.3. The van der Waals surface area contributed by atoms with Crippen LogP contribution in [0.4, 0.5) is 4.39 Å². The van der Waals surface area contributed by atoms with E-state index in [1.165, 1.54) is 23.8 Å². The lowest BCUT2D eigenvalue weighted by atomic mass is 9.84. The van der Waals surface area contributed by atoms with E-state index < -0.39 is 17.7 Å². The predicted octanol–water partition coefficient (Wildman–Crippen LogP) is 5.31. The number of carbonyl (C=O) groups is 2. The van der Waals surface area contributed by atoms with Crippen molar-refractivity contribution in [2.75, 3.05) is 7.11 Å². The van der Waals surface area contributed by atoms with E-state index in [4.69, 9.17) is 4.74 Å². The molecule has 1 N–H and O–H groups in total. The topological polar surface area (TPSA) is 68.5 Å². The highest BCUT2D eigenvalue weighted by Gasteiger charge is 2.33. The summed E-state index contributed by atoms with van der Waals surface area (Å²) in [7, 11) is 1.36. The number of aromatic nitrogens is 1. The highest BCUT2D eigenvalue weighted by molar-refractivity contribution is 6.05. The zero-order valence-corrected chi connectivity index (χ0v) is 17.8. The third-order valence-electron chi connectivity index (χ3n) is 5.82. The maximum Gasteiger partial charge on any atom is 0.311 e. The summed E-state index contributed by atoms with van der Waals surface area (Å²) in [6.45, 7) is 7.43. The second kappa shape index (κ2) is 8.30. The number of carbonyl (C=O) groups excluding carboxylic acids is 1. The number of hydrogen-bond acceptors (Lipinski definition) is 3. The number of halogens is 1. The summed E-state index contributed by atoms with van der Waals surface area (Å²) >= 11 is 0. The van der Waals surface area contributed by atoms with Gasteiger partial charge in [0.25, 0.3) is 5.91 Å². The van der Waals surface area contributed by atoms with Gasteiger partial charge in [-0.2, -0.15) is 0 Å². The zero-order valence-electron chi connectivity index (χ0n) is 17.8. The van der Waals surface area contributed by atoms with Crippen LogP contribution in [0.1, 0.15) is 53.4 Å². The molecule has 0 aliphatic heterocycles. The van der Waals surface area contributed by atoms with Crippen molar-refractivity contribution in [1.29, 1.82) is 0 Å². The van der Waals surface area contributed by atoms with Crippen LogP contribution in [0.2, 0.25) is 0 Å². The Kier molecular flexibility index (Phi) is 5.97. The average molecular weight is 411 g/mol. The van der Waals surface area contributed by atoms with Crippen molar-refractivity contribution in [2.24, 2.45) is 5.92 Å². The molecule has 3 aromatic rings. The second-order valence-electron chi connectivity index (χ2n) is 7.71. The van der Waals surface area contributed by atoms with Gasteiger partial charge in [0.2, 0.25) is 0 Å². The molecular weight excluding hydrogens is 385 g/mol. The Morgan fingerprint density at radius 1 is 1.17 bits per heavy atom. The number of ether oxygens (including phenoxy) is 1. The van der Waals surface area contributed by atoms with Crippen molar-refractivity contribution in [3.05, 3.63) is 64.6 Å². The van der Waals surface area contributed by atoms with Crippen LogP contribution in [0.15, 0.2) is 36.4 Å². The average Bonchev–Trinajstić information content (AvgIpc) is 2.98. The molecule has 6 heteroatoms. The second-order valence-corrected chi connectivity index (χ2v) is 7.71. The fraction of sp³-hybridized carbons (Fsp3) is 0.333. The third kappa shape index (κ3) is 3.58. The van der Waals surface area contributed by atoms with Gasteiger partial charge in [-0.25, -0.2) is 4.39 Å². The van der Waals surface area contributed by atoms with E-state index in [1.807, 2.05) is 32.9 Å². The standard InChI is InChI=1S/C24H26FNO4/c1-6-14(3)21(24(28)29)22-15(4)26(23(27)16-9-7-13(2)8-10-16)19-12-18(25)20(30-5)11-17(19)22/h7-12,14,21H,6H2,1-5H3,(H,28,29)/t14-,21?/m0/s1. The Labute approximate surface area is 175 Å². The minimum Gasteiger partial charge on any atom is -0.494 e. The van der Waals surface area contributed by atoms with Crippen LogP contribution in [0.25, 0.3) is 10.9 Å². The SMILES string of the molecule is CC[C@H](C)C(C(=O)O)c1c(C)n(C(=O)c2ccc(C)cc2)c2cc(F)c(OC)cc12. The number of nitrogens with zero attached hydrogens (tertiary/aromatic N) is 1. The van der Waals surface area contributed by atoms with Gasteiger partial charge >= 0.3 is 5.97 Å². The Bertz CT molecular complexity index is 1110. The van der Waals surface area contributed by atoms with Gasteiger partial charge in [0, 0.05) is 22.7 Å². The van der Waals surface area contributed by atoms with Crippen molar-refractivity contribution in [1.82, 2.24) is 4.57 Å². The molecule has 0 bridgehead atoms. The van der Waals surface area contributed by atoms with E-state index in [1.54, 1.807) is 19.1 Å². The fourth-order valence-electron chi connectivity index (χ4n) is 3.96. The van der Waals surface area contributed by atoms with Crippen LogP contribution in [-0.4, -0.2) is 28.7 Å². The van der Waals surface area contributed by atoms with Gasteiger partial charge < -0.3 is 9.84 Å². The molecule has 2 aromatic carbocycles.